The summed E-state index contributed by atoms with van der Waals surface area (Å²) in [6.07, 6.45) is 1.21. The topological polar surface area (TPSA) is 15.3 Å². The first-order chi connectivity index (χ1) is 8.56. The second-order valence-corrected chi connectivity index (χ2v) is 6.65. The quantitative estimate of drug-likeness (QED) is 0.903. The molecule has 1 aliphatic heterocycles. The molecule has 0 aliphatic carbocycles. The number of rotatable bonds is 3. The van der Waals surface area contributed by atoms with E-state index in [1.54, 1.807) is 0 Å². The van der Waals surface area contributed by atoms with E-state index in [4.69, 9.17) is 11.6 Å². The molecule has 2 nitrogen and oxygen atoms in total. The van der Waals surface area contributed by atoms with Gasteiger partial charge in [-0.1, -0.05) is 41.4 Å². The number of benzene rings is 1. The maximum absolute atomic E-state index is 6.30. The Kier molecular flexibility index (Phi) is 4.93. The highest BCUT2D eigenvalue weighted by Gasteiger charge is 2.21. The molecule has 1 N–H and O–H groups in total. The molecule has 1 saturated heterocycles. The van der Waals surface area contributed by atoms with Crippen LogP contribution in [-0.4, -0.2) is 25.7 Å². The lowest BCUT2D eigenvalue weighted by atomic mass is 10.0. The molecule has 1 aliphatic rings. The van der Waals surface area contributed by atoms with E-state index in [-0.39, 0.29) is 0 Å². The van der Waals surface area contributed by atoms with Gasteiger partial charge >= 0.3 is 0 Å². The van der Waals surface area contributed by atoms with Crippen LogP contribution in [0.5, 0.6) is 0 Å². The first kappa shape index (κ1) is 14.2. The van der Waals surface area contributed by atoms with Crippen molar-refractivity contribution in [3.05, 3.63) is 27.7 Å². The van der Waals surface area contributed by atoms with Gasteiger partial charge in [0.05, 0.1) is 10.7 Å². The van der Waals surface area contributed by atoms with Gasteiger partial charge < -0.3 is 10.2 Å². The second-order valence-electron chi connectivity index (χ2n) is 5.32. The van der Waals surface area contributed by atoms with Crippen LogP contribution in [0.15, 0.2) is 22.7 Å². The molecular weight excluding hydrogens is 312 g/mol. The summed E-state index contributed by atoms with van der Waals surface area (Å²) in [6, 6.07) is 6.62. The normalized spacial score (nSPS) is 20.5. The van der Waals surface area contributed by atoms with Crippen LogP contribution >= 0.6 is 27.5 Å². The van der Waals surface area contributed by atoms with Gasteiger partial charge in [0, 0.05) is 30.1 Å². The van der Waals surface area contributed by atoms with Gasteiger partial charge in [-0.2, -0.15) is 0 Å². The summed E-state index contributed by atoms with van der Waals surface area (Å²) in [5, 5.41) is 4.42. The molecule has 1 heterocycles. The van der Waals surface area contributed by atoms with E-state index >= 15 is 0 Å². The first-order valence-corrected chi connectivity index (χ1v) is 7.66. The van der Waals surface area contributed by atoms with Crippen molar-refractivity contribution in [2.24, 2.45) is 5.92 Å². The fourth-order valence-corrected chi connectivity index (χ4v) is 3.09. The van der Waals surface area contributed by atoms with Crippen LogP contribution in [0.25, 0.3) is 0 Å². The van der Waals surface area contributed by atoms with E-state index in [0.717, 1.165) is 40.7 Å². The fraction of sp³-hybridized carbons (Fsp3) is 0.571. The number of nitrogens with zero attached hydrogens (tertiary/aromatic N) is 1. The van der Waals surface area contributed by atoms with Crippen molar-refractivity contribution in [3.63, 3.8) is 0 Å². The van der Waals surface area contributed by atoms with E-state index in [0.29, 0.717) is 6.04 Å². The van der Waals surface area contributed by atoms with Gasteiger partial charge in [0.2, 0.25) is 0 Å². The molecule has 0 aromatic heterocycles. The Morgan fingerprint density at radius 2 is 2.28 bits per heavy atom. The average Bonchev–Trinajstić information content (AvgIpc) is 2.32. The zero-order valence-corrected chi connectivity index (χ0v) is 13.3. The molecule has 18 heavy (non-hydrogen) atoms. The Hall–Kier alpha value is -0.250. The van der Waals surface area contributed by atoms with Crippen molar-refractivity contribution in [1.29, 1.82) is 0 Å². The van der Waals surface area contributed by atoms with Crippen molar-refractivity contribution < 1.29 is 0 Å². The minimum absolute atomic E-state index is 0.564. The summed E-state index contributed by atoms with van der Waals surface area (Å²) in [5.74, 6) is 0.723. The van der Waals surface area contributed by atoms with E-state index in [2.05, 4.69) is 46.1 Å². The molecule has 1 aromatic carbocycles. The molecule has 0 bridgehead atoms. The number of anilines is 1. The van der Waals surface area contributed by atoms with Crippen LogP contribution in [0, 0.1) is 5.92 Å². The molecule has 0 amide bonds. The smallest absolute Gasteiger partial charge is 0.0640 e. The Balaban J connectivity index is 2.10. The van der Waals surface area contributed by atoms with Crippen molar-refractivity contribution in [2.75, 3.05) is 24.5 Å². The highest BCUT2D eigenvalue weighted by atomic mass is 79.9. The molecule has 1 atom stereocenters. The molecule has 1 aromatic rings. The second kappa shape index (κ2) is 6.27. The van der Waals surface area contributed by atoms with Crippen LogP contribution in [0.2, 0.25) is 5.02 Å². The monoisotopic (exact) mass is 330 g/mol. The van der Waals surface area contributed by atoms with Gasteiger partial charge in [-0.05, 0) is 30.5 Å². The summed E-state index contributed by atoms with van der Waals surface area (Å²) >= 11 is 9.82. The highest BCUT2D eigenvalue weighted by Crippen LogP contribution is 2.30. The number of halogens is 2. The molecule has 0 spiro atoms. The molecular formula is C14H20BrClN2. The van der Waals surface area contributed by atoms with E-state index < -0.39 is 0 Å². The van der Waals surface area contributed by atoms with Crippen LogP contribution in [0.1, 0.15) is 20.3 Å². The Morgan fingerprint density at radius 1 is 1.50 bits per heavy atom. The minimum Gasteiger partial charge on any atom is -0.367 e. The van der Waals surface area contributed by atoms with E-state index in [9.17, 15) is 0 Å². The molecule has 0 saturated carbocycles. The number of hydrogen-bond donors (Lipinski definition) is 1. The summed E-state index contributed by atoms with van der Waals surface area (Å²) in [7, 11) is 0. The number of hydrogen-bond acceptors (Lipinski definition) is 2. The zero-order chi connectivity index (χ0) is 13.1. The third-order valence-corrected chi connectivity index (χ3v) is 4.07. The third kappa shape index (κ3) is 3.62. The lowest BCUT2D eigenvalue weighted by molar-refractivity contribution is 0.388. The first-order valence-electron chi connectivity index (χ1n) is 6.49. The van der Waals surface area contributed by atoms with Gasteiger partial charge in [0.25, 0.3) is 0 Å². The summed E-state index contributed by atoms with van der Waals surface area (Å²) in [6.45, 7) is 7.62. The predicted molar refractivity (Wildman–Crippen MR) is 82.6 cm³/mol. The number of piperazine rings is 1. The SMILES string of the molecule is CC(C)CC1CN(c2cc(Br)ccc2Cl)CCN1. The average molecular weight is 332 g/mol. The maximum atomic E-state index is 6.30. The Labute approximate surface area is 123 Å². The molecule has 2 rings (SSSR count). The minimum atomic E-state index is 0.564. The Bertz CT molecular complexity index is 409. The van der Waals surface area contributed by atoms with Gasteiger partial charge in [0.1, 0.15) is 0 Å². The standard InChI is InChI=1S/C14H20BrClN2/c1-10(2)7-12-9-18(6-5-17-12)14-8-11(15)3-4-13(14)16/h3-4,8,10,12,17H,5-7,9H2,1-2H3. The van der Waals surface area contributed by atoms with Gasteiger partial charge in [-0.15, -0.1) is 0 Å². The van der Waals surface area contributed by atoms with Crippen LogP contribution < -0.4 is 10.2 Å². The largest absolute Gasteiger partial charge is 0.367 e. The van der Waals surface area contributed by atoms with Crippen LogP contribution in [0.4, 0.5) is 5.69 Å². The summed E-state index contributed by atoms with van der Waals surface area (Å²) in [4.78, 5) is 2.39. The summed E-state index contributed by atoms with van der Waals surface area (Å²) < 4.78 is 1.08. The van der Waals surface area contributed by atoms with Gasteiger partial charge in [-0.3, -0.25) is 0 Å². The Morgan fingerprint density at radius 3 is 3.00 bits per heavy atom. The lowest BCUT2D eigenvalue weighted by Crippen LogP contribution is -2.51. The van der Waals surface area contributed by atoms with Crippen LogP contribution in [0.3, 0.4) is 0 Å². The maximum Gasteiger partial charge on any atom is 0.0640 e. The fourth-order valence-electron chi connectivity index (χ4n) is 2.50. The molecule has 1 unspecified atom stereocenters. The van der Waals surface area contributed by atoms with Crippen molar-refractivity contribution in [2.45, 2.75) is 26.3 Å². The number of nitrogens with one attached hydrogen (secondary N) is 1. The molecule has 100 valence electrons. The van der Waals surface area contributed by atoms with Gasteiger partial charge in [0.15, 0.2) is 0 Å². The molecule has 4 heteroatoms. The van der Waals surface area contributed by atoms with Gasteiger partial charge in [-0.25, -0.2) is 0 Å². The highest BCUT2D eigenvalue weighted by molar-refractivity contribution is 9.10. The predicted octanol–water partition coefficient (Wildman–Crippen LogP) is 3.93. The van der Waals surface area contributed by atoms with Crippen molar-refractivity contribution >= 4 is 33.2 Å². The van der Waals surface area contributed by atoms with Crippen molar-refractivity contribution in [3.8, 4) is 0 Å². The zero-order valence-electron chi connectivity index (χ0n) is 10.9. The summed E-state index contributed by atoms with van der Waals surface area (Å²) in [5.41, 5.74) is 1.14. The third-order valence-electron chi connectivity index (χ3n) is 3.26. The van der Waals surface area contributed by atoms with Crippen LogP contribution in [-0.2, 0) is 0 Å². The lowest BCUT2D eigenvalue weighted by Gasteiger charge is -2.36. The van der Waals surface area contributed by atoms with Crippen molar-refractivity contribution in [1.82, 2.24) is 5.32 Å². The molecule has 1 fully saturated rings. The molecule has 0 radical (unpaired) electrons. The van der Waals surface area contributed by atoms with E-state index in [1.165, 1.54) is 6.42 Å². The van der Waals surface area contributed by atoms with E-state index in [1.807, 2.05) is 12.1 Å².